The zero-order valence-corrected chi connectivity index (χ0v) is 12.9. The first-order valence-electron chi connectivity index (χ1n) is 6.45. The Morgan fingerprint density at radius 2 is 2.00 bits per heavy atom. The molecule has 0 saturated heterocycles. The first-order chi connectivity index (χ1) is 9.04. The molecule has 5 heteroatoms. The fourth-order valence-electron chi connectivity index (χ4n) is 2.10. The summed E-state index contributed by atoms with van der Waals surface area (Å²) in [6.07, 6.45) is 1.68. The van der Waals surface area contributed by atoms with Crippen LogP contribution in [-0.2, 0) is 0 Å². The first kappa shape index (κ1) is 16.0. The average Bonchev–Trinajstić information content (AvgIpc) is 2.41. The van der Waals surface area contributed by atoms with Crippen LogP contribution in [0.4, 0.5) is 0 Å². The lowest BCUT2D eigenvalue weighted by Crippen LogP contribution is -2.41. The van der Waals surface area contributed by atoms with Crippen molar-refractivity contribution >= 4 is 21.8 Å². The van der Waals surface area contributed by atoms with Crippen molar-refractivity contribution in [2.24, 2.45) is 0 Å². The second kappa shape index (κ2) is 7.50. The molecular formula is C14H20BrNO3. The monoisotopic (exact) mass is 329 g/mol. The highest BCUT2D eigenvalue weighted by Crippen LogP contribution is 2.25. The number of aliphatic hydroxyl groups is 1. The van der Waals surface area contributed by atoms with Gasteiger partial charge in [-0.25, -0.2) is 0 Å². The van der Waals surface area contributed by atoms with E-state index in [1.807, 2.05) is 13.8 Å². The molecule has 0 unspecified atom stereocenters. The second-order valence-corrected chi connectivity index (χ2v) is 5.21. The highest BCUT2D eigenvalue weighted by molar-refractivity contribution is 9.10. The number of hydrogen-bond acceptors (Lipinski definition) is 3. The summed E-state index contributed by atoms with van der Waals surface area (Å²) in [7, 11) is 0. The van der Waals surface area contributed by atoms with E-state index in [2.05, 4.69) is 15.9 Å². The molecule has 0 saturated carbocycles. The lowest BCUT2D eigenvalue weighted by atomic mass is 10.1. The van der Waals surface area contributed by atoms with Crippen LogP contribution in [0.5, 0.6) is 5.75 Å². The van der Waals surface area contributed by atoms with Crippen molar-refractivity contribution in [3.63, 3.8) is 0 Å². The normalized spacial score (nSPS) is 10.8. The summed E-state index contributed by atoms with van der Waals surface area (Å²) in [5.41, 5.74) is 0.432. The number of phenols is 1. The van der Waals surface area contributed by atoms with Gasteiger partial charge in [-0.05, 0) is 47.0 Å². The second-order valence-electron chi connectivity index (χ2n) is 4.36. The number of nitrogens with zero attached hydrogens (tertiary/aromatic N) is 1. The van der Waals surface area contributed by atoms with Crippen molar-refractivity contribution in [2.45, 2.75) is 32.7 Å². The number of hydrogen-bond donors (Lipinski definition) is 2. The summed E-state index contributed by atoms with van der Waals surface area (Å²) < 4.78 is 0.556. The van der Waals surface area contributed by atoms with E-state index in [1.165, 1.54) is 6.07 Å². The Bertz CT molecular complexity index is 433. The minimum absolute atomic E-state index is 0.0411. The number of rotatable bonds is 6. The fourth-order valence-corrected chi connectivity index (χ4v) is 2.35. The quantitative estimate of drug-likeness (QED) is 0.843. The van der Waals surface area contributed by atoms with Crippen LogP contribution in [0.3, 0.4) is 0 Å². The molecule has 0 heterocycles. The van der Waals surface area contributed by atoms with Crippen LogP contribution in [0.2, 0.25) is 0 Å². The van der Waals surface area contributed by atoms with Crippen molar-refractivity contribution in [3.05, 3.63) is 28.2 Å². The Kier molecular flexibility index (Phi) is 6.31. The number of aliphatic hydroxyl groups excluding tert-OH is 1. The van der Waals surface area contributed by atoms with Gasteiger partial charge in [0.2, 0.25) is 0 Å². The Morgan fingerprint density at radius 1 is 1.37 bits per heavy atom. The summed E-state index contributed by atoms with van der Waals surface area (Å²) in [4.78, 5) is 14.1. The molecule has 0 atom stereocenters. The predicted octanol–water partition coefficient (Wildman–Crippen LogP) is 2.78. The number of phenolic OH excluding ortho intramolecular Hbond substituents is 1. The van der Waals surface area contributed by atoms with E-state index in [-0.39, 0.29) is 24.3 Å². The third-order valence-electron chi connectivity index (χ3n) is 3.18. The van der Waals surface area contributed by atoms with Crippen molar-refractivity contribution in [1.29, 1.82) is 0 Å². The van der Waals surface area contributed by atoms with E-state index in [0.29, 0.717) is 16.6 Å². The summed E-state index contributed by atoms with van der Waals surface area (Å²) in [6, 6.07) is 4.86. The van der Waals surface area contributed by atoms with E-state index < -0.39 is 0 Å². The third-order valence-corrected chi connectivity index (χ3v) is 3.85. The lowest BCUT2D eigenvalue weighted by Gasteiger charge is -2.30. The van der Waals surface area contributed by atoms with Gasteiger partial charge in [-0.1, -0.05) is 13.8 Å². The molecule has 0 aliphatic carbocycles. The molecule has 0 aromatic heterocycles. The van der Waals surface area contributed by atoms with Crippen LogP contribution in [-0.4, -0.2) is 40.2 Å². The molecule has 1 aromatic rings. The van der Waals surface area contributed by atoms with Crippen molar-refractivity contribution < 1.29 is 15.0 Å². The van der Waals surface area contributed by atoms with Crippen LogP contribution < -0.4 is 0 Å². The van der Waals surface area contributed by atoms with Gasteiger partial charge in [0.25, 0.3) is 5.91 Å². The zero-order chi connectivity index (χ0) is 14.4. The number of benzene rings is 1. The van der Waals surface area contributed by atoms with Crippen LogP contribution >= 0.6 is 15.9 Å². The largest absolute Gasteiger partial charge is 0.507 e. The number of carbonyl (C=O) groups is 1. The third kappa shape index (κ3) is 3.94. The van der Waals surface area contributed by atoms with Gasteiger partial charge in [0.1, 0.15) is 5.75 Å². The molecule has 1 rings (SSSR count). The Labute approximate surface area is 122 Å². The summed E-state index contributed by atoms with van der Waals surface area (Å²) in [5.74, 6) is -0.120. The van der Waals surface area contributed by atoms with Gasteiger partial charge >= 0.3 is 0 Å². The number of carbonyl (C=O) groups excluding carboxylic acids is 1. The molecule has 106 valence electrons. The standard InChI is InChI=1S/C14H20BrNO3/c1-3-11(4-2)16(7-8-17)14(19)10-5-6-12(15)13(18)9-10/h5-6,9,11,17-18H,3-4,7-8H2,1-2H3. The highest BCUT2D eigenvalue weighted by atomic mass is 79.9. The molecule has 19 heavy (non-hydrogen) atoms. The average molecular weight is 330 g/mol. The topological polar surface area (TPSA) is 60.8 Å². The van der Waals surface area contributed by atoms with Gasteiger partial charge in [0, 0.05) is 18.2 Å². The maximum Gasteiger partial charge on any atom is 0.254 e. The Morgan fingerprint density at radius 3 is 2.47 bits per heavy atom. The molecular weight excluding hydrogens is 310 g/mol. The Balaban J connectivity index is 3.01. The van der Waals surface area contributed by atoms with Gasteiger partial charge in [-0.3, -0.25) is 4.79 Å². The lowest BCUT2D eigenvalue weighted by molar-refractivity contribution is 0.0622. The zero-order valence-electron chi connectivity index (χ0n) is 11.3. The molecule has 2 N–H and O–H groups in total. The summed E-state index contributed by atoms with van der Waals surface area (Å²) >= 11 is 3.19. The van der Waals surface area contributed by atoms with E-state index in [9.17, 15) is 9.90 Å². The predicted molar refractivity (Wildman–Crippen MR) is 78.3 cm³/mol. The van der Waals surface area contributed by atoms with Gasteiger partial charge in [0.05, 0.1) is 11.1 Å². The summed E-state index contributed by atoms with van der Waals surface area (Å²) in [5, 5.41) is 18.8. The van der Waals surface area contributed by atoms with Crippen LogP contribution in [0.15, 0.2) is 22.7 Å². The van der Waals surface area contributed by atoms with Crippen molar-refractivity contribution in [2.75, 3.05) is 13.2 Å². The van der Waals surface area contributed by atoms with Crippen molar-refractivity contribution in [1.82, 2.24) is 4.90 Å². The molecule has 4 nitrogen and oxygen atoms in total. The minimum atomic E-state index is -0.162. The molecule has 0 radical (unpaired) electrons. The number of aromatic hydroxyl groups is 1. The molecule has 0 bridgehead atoms. The fraction of sp³-hybridized carbons (Fsp3) is 0.500. The minimum Gasteiger partial charge on any atom is -0.507 e. The van der Waals surface area contributed by atoms with Crippen LogP contribution in [0, 0.1) is 0 Å². The molecule has 0 aliphatic rings. The summed E-state index contributed by atoms with van der Waals surface area (Å²) in [6.45, 7) is 4.28. The van der Waals surface area contributed by atoms with Gasteiger partial charge in [-0.15, -0.1) is 0 Å². The first-order valence-corrected chi connectivity index (χ1v) is 7.24. The van der Waals surface area contributed by atoms with Gasteiger partial charge in [0.15, 0.2) is 0 Å². The van der Waals surface area contributed by atoms with E-state index in [0.717, 1.165) is 12.8 Å². The maximum atomic E-state index is 12.4. The molecule has 0 aliphatic heterocycles. The molecule has 1 amide bonds. The molecule has 1 aromatic carbocycles. The number of amides is 1. The SMILES string of the molecule is CCC(CC)N(CCO)C(=O)c1ccc(Br)c(O)c1. The molecule has 0 spiro atoms. The highest BCUT2D eigenvalue weighted by Gasteiger charge is 2.22. The van der Waals surface area contributed by atoms with Crippen molar-refractivity contribution in [3.8, 4) is 5.75 Å². The Hall–Kier alpha value is -1.07. The van der Waals surface area contributed by atoms with E-state index in [1.54, 1.807) is 17.0 Å². The van der Waals surface area contributed by atoms with Crippen LogP contribution in [0.1, 0.15) is 37.0 Å². The number of halogens is 1. The van der Waals surface area contributed by atoms with Crippen LogP contribution in [0.25, 0.3) is 0 Å². The van der Waals surface area contributed by atoms with E-state index >= 15 is 0 Å². The smallest absolute Gasteiger partial charge is 0.254 e. The van der Waals surface area contributed by atoms with E-state index in [4.69, 9.17) is 5.11 Å². The van der Waals surface area contributed by atoms with Gasteiger partial charge in [-0.2, -0.15) is 0 Å². The maximum absolute atomic E-state index is 12.4. The molecule has 0 fully saturated rings. The van der Waals surface area contributed by atoms with Gasteiger partial charge < -0.3 is 15.1 Å².